The molecule has 0 rings (SSSR count). The van der Waals surface area contributed by atoms with Gasteiger partial charge in [-0.05, 0) is 40.1 Å². The summed E-state index contributed by atoms with van der Waals surface area (Å²) in [5.74, 6) is -1.02. The van der Waals surface area contributed by atoms with Crippen LogP contribution in [0, 0.1) is 0 Å². The Morgan fingerprint density at radius 3 is 2.19 bits per heavy atom. The van der Waals surface area contributed by atoms with Crippen LogP contribution in [0.4, 0.5) is 0 Å². The van der Waals surface area contributed by atoms with E-state index < -0.39 is 5.97 Å². The summed E-state index contributed by atoms with van der Waals surface area (Å²) < 4.78 is 0. The second-order valence-electron chi connectivity index (χ2n) is 3.69. The number of aliphatic carboxylic acids is 1. The first-order valence-corrected chi connectivity index (χ1v) is 5.13. The Hall–Kier alpha value is -1.36. The van der Waals surface area contributed by atoms with Crippen molar-refractivity contribution in [2.45, 2.75) is 19.3 Å². The fraction of sp³-hybridized carbons (Fsp3) is 0.636. The minimum atomic E-state index is -0.801. The Kier molecular flexibility index (Phi) is 12.5. The highest BCUT2D eigenvalue weighted by molar-refractivity contribution is 5.86. The zero-order valence-corrected chi connectivity index (χ0v) is 10.3. The molecule has 0 fully saturated rings. The number of carboxylic acid groups (broad SMARTS) is 1. The van der Waals surface area contributed by atoms with E-state index in [1.165, 1.54) is 6.08 Å². The highest BCUT2D eigenvalue weighted by Crippen LogP contribution is 1.92. The van der Waals surface area contributed by atoms with Crippen molar-refractivity contribution in [3.63, 3.8) is 0 Å². The molecule has 0 spiro atoms. The quantitative estimate of drug-likeness (QED) is 0.521. The first-order valence-electron chi connectivity index (χ1n) is 5.13. The van der Waals surface area contributed by atoms with Gasteiger partial charge >= 0.3 is 5.97 Å². The number of nitrogens with zero attached hydrogens (tertiary/aromatic N) is 1. The van der Waals surface area contributed by atoms with Gasteiger partial charge in [0, 0.05) is 13.0 Å². The summed E-state index contributed by atoms with van der Waals surface area (Å²) >= 11 is 0. The van der Waals surface area contributed by atoms with Crippen LogP contribution in [0.1, 0.15) is 19.3 Å². The standard InChI is InChI=1S/C8H13NO3.C3H9N/c1-2-7(10)9-6-4-3-5-8(11)12;1-4(2)3/h2H,1,3-6H2,(H,9,10)(H,11,12);1-3H3. The predicted octanol–water partition coefficient (Wildman–Crippen LogP) is 0.721. The number of hydrogen-bond donors (Lipinski definition) is 2. The minimum Gasteiger partial charge on any atom is -0.481 e. The molecule has 0 aliphatic rings. The Morgan fingerprint density at radius 1 is 1.31 bits per heavy atom. The molecular weight excluding hydrogens is 208 g/mol. The van der Waals surface area contributed by atoms with Gasteiger partial charge in [0.05, 0.1) is 0 Å². The fourth-order valence-corrected chi connectivity index (χ4v) is 0.685. The molecule has 0 saturated heterocycles. The molecule has 5 heteroatoms. The van der Waals surface area contributed by atoms with E-state index in [2.05, 4.69) is 11.9 Å². The van der Waals surface area contributed by atoms with Gasteiger partial charge in [-0.2, -0.15) is 0 Å². The van der Waals surface area contributed by atoms with Crippen LogP contribution in [-0.4, -0.2) is 49.6 Å². The van der Waals surface area contributed by atoms with Gasteiger partial charge < -0.3 is 15.3 Å². The number of nitrogens with one attached hydrogen (secondary N) is 1. The summed E-state index contributed by atoms with van der Waals surface area (Å²) in [5.41, 5.74) is 0. The molecule has 0 unspecified atom stereocenters. The molecule has 0 saturated carbocycles. The van der Waals surface area contributed by atoms with Crippen molar-refractivity contribution in [3.8, 4) is 0 Å². The van der Waals surface area contributed by atoms with Crippen molar-refractivity contribution < 1.29 is 14.7 Å². The lowest BCUT2D eigenvalue weighted by molar-refractivity contribution is -0.137. The first-order chi connectivity index (χ1) is 7.40. The molecule has 0 bridgehead atoms. The molecule has 5 nitrogen and oxygen atoms in total. The summed E-state index contributed by atoms with van der Waals surface area (Å²) in [5, 5.41) is 10.8. The summed E-state index contributed by atoms with van der Waals surface area (Å²) in [6.07, 6.45) is 2.62. The van der Waals surface area contributed by atoms with Crippen LogP contribution in [0.3, 0.4) is 0 Å². The normalized spacial score (nSPS) is 9.00. The lowest BCUT2D eigenvalue weighted by Gasteiger charge is -1.99. The van der Waals surface area contributed by atoms with Gasteiger partial charge in [0.15, 0.2) is 0 Å². The van der Waals surface area contributed by atoms with Crippen LogP contribution in [0.5, 0.6) is 0 Å². The van der Waals surface area contributed by atoms with Gasteiger partial charge in [0.1, 0.15) is 0 Å². The summed E-state index contributed by atoms with van der Waals surface area (Å²) in [7, 11) is 6.00. The van der Waals surface area contributed by atoms with Crippen LogP contribution >= 0.6 is 0 Å². The minimum absolute atomic E-state index is 0.157. The third-order valence-corrected chi connectivity index (χ3v) is 1.30. The van der Waals surface area contributed by atoms with Crippen molar-refractivity contribution in [1.29, 1.82) is 0 Å². The molecule has 0 aromatic heterocycles. The van der Waals surface area contributed by atoms with Crippen molar-refractivity contribution >= 4 is 11.9 Å². The molecule has 0 aliphatic heterocycles. The number of rotatable bonds is 6. The molecule has 0 atom stereocenters. The molecule has 0 radical (unpaired) electrons. The molecular formula is C11H22N2O3. The molecule has 1 amide bonds. The number of carbonyl (C=O) groups is 2. The lowest BCUT2D eigenvalue weighted by Crippen LogP contribution is -2.21. The highest BCUT2D eigenvalue weighted by atomic mass is 16.4. The smallest absolute Gasteiger partial charge is 0.303 e. The van der Waals surface area contributed by atoms with E-state index in [9.17, 15) is 9.59 Å². The topological polar surface area (TPSA) is 69.6 Å². The van der Waals surface area contributed by atoms with Crippen LogP contribution in [0.2, 0.25) is 0 Å². The molecule has 0 aromatic carbocycles. The molecule has 94 valence electrons. The van der Waals surface area contributed by atoms with E-state index in [1.807, 2.05) is 26.0 Å². The van der Waals surface area contributed by atoms with Crippen LogP contribution in [0.15, 0.2) is 12.7 Å². The second-order valence-corrected chi connectivity index (χ2v) is 3.69. The van der Waals surface area contributed by atoms with E-state index >= 15 is 0 Å². The highest BCUT2D eigenvalue weighted by Gasteiger charge is 1.96. The van der Waals surface area contributed by atoms with Crippen molar-refractivity contribution in [1.82, 2.24) is 10.2 Å². The Morgan fingerprint density at radius 2 is 1.81 bits per heavy atom. The van der Waals surface area contributed by atoms with Gasteiger partial charge in [-0.15, -0.1) is 0 Å². The van der Waals surface area contributed by atoms with Gasteiger partial charge in [0.25, 0.3) is 0 Å². The monoisotopic (exact) mass is 230 g/mol. The zero-order chi connectivity index (χ0) is 13.0. The second kappa shape index (κ2) is 11.7. The van der Waals surface area contributed by atoms with Crippen LogP contribution in [0.25, 0.3) is 0 Å². The maximum atomic E-state index is 10.6. The maximum Gasteiger partial charge on any atom is 0.303 e. The number of carboxylic acids is 1. The lowest BCUT2D eigenvalue weighted by atomic mass is 10.2. The van der Waals surface area contributed by atoms with Gasteiger partial charge in [0.2, 0.25) is 5.91 Å². The Bertz CT molecular complexity index is 213. The SMILES string of the molecule is C=CC(=O)NCCCCC(=O)O.CN(C)C. The van der Waals surface area contributed by atoms with Gasteiger partial charge in [-0.25, -0.2) is 0 Å². The predicted molar refractivity (Wildman–Crippen MR) is 64.3 cm³/mol. The Balaban J connectivity index is 0. The number of hydrogen-bond acceptors (Lipinski definition) is 3. The van der Waals surface area contributed by atoms with Gasteiger partial charge in [-0.3, -0.25) is 9.59 Å². The average Bonchev–Trinajstić information content (AvgIpc) is 2.15. The van der Waals surface area contributed by atoms with E-state index in [-0.39, 0.29) is 12.3 Å². The average molecular weight is 230 g/mol. The molecule has 0 heterocycles. The third-order valence-electron chi connectivity index (χ3n) is 1.30. The molecule has 2 N–H and O–H groups in total. The molecule has 0 aromatic rings. The fourth-order valence-electron chi connectivity index (χ4n) is 0.685. The van der Waals surface area contributed by atoms with Gasteiger partial charge in [-0.1, -0.05) is 6.58 Å². The number of unbranched alkanes of at least 4 members (excludes halogenated alkanes) is 1. The van der Waals surface area contributed by atoms with E-state index in [4.69, 9.17) is 5.11 Å². The van der Waals surface area contributed by atoms with Crippen LogP contribution < -0.4 is 5.32 Å². The zero-order valence-electron chi connectivity index (χ0n) is 10.3. The maximum absolute atomic E-state index is 10.6. The Labute approximate surface area is 97.1 Å². The summed E-state index contributed by atoms with van der Waals surface area (Å²) in [4.78, 5) is 22.6. The summed E-state index contributed by atoms with van der Waals surface area (Å²) in [6, 6.07) is 0. The van der Waals surface area contributed by atoms with E-state index in [0.717, 1.165) is 0 Å². The molecule has 16 heavy (non-hydrogen) atoms. The third kappa shape index (κ3) is 22.9. The van der Waals surface area contributed by atoms with Crippen molar-refractivity contribution in [2.24, 2.45) is 0 Å². The summed E-state index contributed by atoms with van der Waals surface area (Å²) in [6.45, 7) is 3.79. The largest absolute Gasteiger partial charge is 0.481 e. The van der Waals surface area contributed by atoms with Crippen molar-refractivity contribution in [3.05, 3.63) is 12.7 Å². The van der Waals surface area contributed by atoms with Crippen LogP contribution in [-0.2, 0) is 9.59 Å². The van der Waals surface area contributed by atoms with Crippen molar-refractivity contribution in [2.75, 3.05) is 27.7 Å². The number of carbonyl (C=O) groups excluding carboxylic acids is 1. The van der Waals surface area contributed by atoms with E-state index in [1.54, 1.807) is 0 Å². The molecule has 0 aliphatic carbocycles. The number of amides is 1. The first kappa shape index (κ1) is 17.0. The van der Waals surface area contributed by atoms with E-state index in [0.29, 0.717) is 19.4 Å².